The van der Waals surface area contributed by atoms with Gasteiger partial charge in [0, 0.05) is 10.2 Å². The van der Waals surface area contributed by atoms with Gasteiger partial charge in [0.15, 0.2) is 0 Å². The van der Waals surface area contributed by atoms with E-state index in [4.69, 9.17) is 4.74 Å². The molecule has 1 atom stereocenters. The second-order valence-electron chi connectivity index (χ2n) is 6.70. The molecule has 1 aliphatic heterocycles. The molecule has 2 aromatic rings. The molecule has 27 heavy (non-hydrogen) atoms. The molecule has 0 radical (unpaired) electrons. The maximum absolute atomic E-state index is 12.9. The normalized spacial score (nSPS) is 16.0. The number of fused-ring (bicyclic) bond motifs is 1. The van der Waals surface area contributed by atoms with Gasteiger partial charge < -0.3 is 10.1 Å². The molecule has 0 saturated heterocycles. The number of ether oxygens (including phenoxy) is 1. The molecule has 0 fully saturated rings. The molecule has 0 unspecified atom stereocenters. The van der Waals surface area contributed by atoms with Gasteiger partial charge in [-0.2, -0.15) is 10.1 Å². The van der Waals surface area contributed by atoms with E-state index in [0.717, 1.165) is 28.6 Å². The quantitative estimate of drug-likeness (QED) is 0.477. The number of rotatable bonds is 8. The first-order valence-corrected chi connectivity index (χ1v) is 10.2. The zero-order valence-corrected chi connectivity index (χ0v) is 17.3. The van der Waals surface area contributed by atoms with Gasteiger partial charge in [-0.05, 0) is 31.0 Å². The Morgan fingerprint density at radius 3 is 2.70 bits per heavy atom. The van der Waals surface area contributed by atoms with Gasteiger partial charge in [-0.15, -0.1) is 0 Å². The van der Waals surface area contributed by atoms with Crippen LogP contribution in [-0.4, -0.2) is 27.3 Å². The number of hydrogen-bond donors (Lipinski definition) is 1. The van der Waals surface area contributed by atoms with Gasteiger partial charge in [-0.1, -0.05) is 60.7 Å². The van der Waals surface area contributed by atoms with Crippen molar-refractivity contribution in [2.45, 2.75) is 52.0 Å². The van der Waals surface area contributed by atoms with Crippen molar-refractivity contribution in [2.75, 3.05) is 11.9 Å². The number of carbonyl (C=O) groups is 1. The second-order valence-corrected chi connectivity index (χ2v) is 7.61. The largest absolute Gasteiger partial charge is 0.462 e. The minimum absolute atomic E-state index is 0.301. The third kappa shape index (κ3) is 4.58. The fourth-order valence-electron chi connectivity index (χ4n) is 3.26. The molecule has 0 bridgehead atoms. The van der Waals surface area contributed by atoms with Crippen molar-refractivity contribution in [1.29, 1.82) is 0 Å². The number of allylic oxidation sites excluding steroid dienone is 1. The van der Waals surface area contributed by atoms with Crippen LogP contribution in [0.15, 0.2) is 46.3 Å². The van der Waals surface area contributed by atoms with Crippen LogP contribution in [0.3, 0.4) is 0 Å². The minimum Gasteiger partial charge on any atom is -0.462 e. The number of benzene rings is 1. The van der Waals surface area contributed by atoms with Crippen LogP contribution in [0.5, 0.6) is 0 Å². The van der Waals surface area contributed by atoms with Gasteiger partial charge in [0.2, 0.25) is 5.95 Å². The molecule has 1 aromatic carbocycles. The summed E-state index contributed by atoms with van der Waals surface area (Å²) in [5.74, 6) is 0.320. The Kier molecular flexibility index (Phi) is 6.66. The van der Waals surface area contributed by atoms with Crippen molar-refractivity contribution in [3.63, 3.8) is 0 Å². The summed E-state index contributed by atoms with van der Waals surface area (Å²) in [6.07, 6.45) is 7.07. The van der Waals surface area contributed by atoms with Crippen molar-refractivity contribution in [3.8, 4) is 0 Å². The Morgan fingerprint density at radius 1 is 1.22 bits per heavy atom. The smallest absolute Gasteiger partial charge is 0.338 e. The molecular weight excluding hydrogens is 408 g/mol. The van der Waals surface area contributed by atoms with Gasteiger partial charge in [0.05, 0.1) is 12.2 Å². The predicted molar refractivity (Wildman–Crippen MR) is 108 cm³/mol. The van der Waals surface area contributed by atoms with E-state index in [-0.39, 0.29) is 12.0 Å². The second kappa shape index (κ2) is 9.17. The topological polar surface area (TPSA) is 69.0 Å². The van der Waals surface area contributed by atoms with Crippen LogP contribution in [0.1, 0.15) is 57.6 Å². The number of halogens is 1. The summed E-state index contributed by atoms with van der Waals surface area (Å²) in [6, 6.07) is 7.53. The van der Waals surface area contributed by atoms with Crippen LogP contribution in [-0.2, 0) is 9.53 Å². The third-order valence-corrected chi connectivity index (χ3v) is 5.21. The number of aromatic nitrogens is 3. The number of esters is 1. The highest BCUT2D eigenvalue weighted by molar-refractivity contribution is 9.10. The van der Waals surface area contributed by atoms with Crippen LogP contribution in [0, 0.1) is 0 Å². The monoisotopic (exact) mass is 432 g/mol. The lowest BCUT2D eigenvalue weighted by molar-refractivity contribution is -0.139. The fourth-order valence-corrected chi connectivity index (χ4v) is 3.52. The lowest BCUT2D eigenvalue weighted by Gasteiger charge is -2.28. The van der Waals surface area contributed by atoms with Gasteiger partial charge >= 0.3 is 5.97 Å². The Bertz CT molecular complexity index is 814. The Hall–Kier alpha value is -2.15. The zero-order chi connectivity index (χ0) is 19.2. The van der Waals surface area contributed by atoms with Crippen molar-refractivity contribution < 1.29 is 9.53 Å². The van der Waals surface area contributed by atoms with Crippen LogP contribution in [0.2, 0.25) is 0 Å². The number of hydrogen-bond acceptors (Lipinski definition) is 5. The third-order valence-electron chi connectivity index (χ3n) is 4.68. The van der Waals surface area contributed by atoms with Gasteiger partial charge in [-0.25, -0.2) is 9.48 Å². The number of anilines is 1. The Balaban J connectivity index is 1.78. The number of nitrogens with one attached hydrogen (secondary N) is 1. The lowest BCUT2D eigenvalue weighted by Crippen LogP contribution is -2.29. The highest BCUT2D eigenvalue weighted by Crippen LogP contribution is 2.35. The summed E-state index contributed by atoms with van der Waals surface area (Å²) in [6.45, 7) is 4.50. The lowest BCUT2D eigenvalue weighted by atomic mass is 9.96. The average Bonchev–Trinajstić information content (AvgIpc) is 3.12. The maximum Gasteiger partial charge on any atom is 0.338 e. The molecule has 144 valence electrons. The van der Waals surface area contributed by atoms with E-state index in [9.17, 15) is 4.79 Å². The maximum atomic E-state index is 12.9. The molecule has 2 heterocycles. The molecule has 3 rings (SSSR count). The predicted octanol–water partition coefficient (Wildman–Crippen LogP) is 4.84. The van der Waals surface area contributed by atoms with Crippen molar-refractivity contribution >= 4 is 27.8 Å². The summed E-state index contributed by atoms with van der Waals surface area (Å²) in [4.78, 5) is 17.1. The molecule has 0 saturated carbocycles. The number of unbranched alkanes of at least 4 members (excludes halogenated alkanes) is 4. The van der Waals surface area contributed by atoms with E-state index < -0.39 is 0 Å². The summed E-state index contributed by atoms with van der Waals surface area (Å²) in [5.41, 5.74) is 2.28. The summed E-state index contributed by atoms with van der Waals surface area (Å²) in [5, 5.41) is 7.48. The van der Waals surface area contributed by atoms with Crippen LogP contribution >= 0.6 is 15.9 Å². The van der Waals surface area contributed by atoms with E-state index in [1.165, 1.54) is 25.6 Å². The van der Waals surface area contributed by atoms with Gasteiger partial charge in [0.25, 0.3) is 0 Å². The first kappa shape index (κ1) is 19.6. The fraction of sp³-hybridized carbons (Fsp3) is 0.450. The van der Waals surface area contributed by atoms with E-state index >= 15 is 0 Å². The highest BCUT2D eigenvalue weighted by Gasteiger charge is 2.34. The van der Waals surface area contributed by atoms with E-state index in [1.54, 1.807) is 4.68 Å². The van der Waals surface area contributed by atoms with Crippen LogP contribution in [0.25, 0.3) is 0 Å². The van der Waals surface area contributed by atoms with Crippen molar-refractivity contribution in [1.82, 2.24) is 14.8 Å². The first-order valence-electron chi connectivity index (χ1n) is 9.41. The van der Waals surface area contributed by atoms with E-state index in [1.807, 2.05) is 31.2 Å². The molecule has 1 aliphatic rings. The Labute approximate surface area is 168 Å². The molecule has 0 amide bonds. The number of nitrogens with zero attached hydrogens (tertiary/aromatic N) is 3. The summed E-state index contributed by atoms with van der Waals surface area (Å²) < 4.78 is 8.30. The molecule has 7 heteroatoms. The molecule has 6 nitrogen and oxygen atoms in total. The Morgan fingerprint density at radius 2 is 1.96 bits per heavy atom. The van der Waals surface area contributed by atoms with E-state index in [2.05, 4.69) is 38.3 Å². The average molecular weight is 433 g/mol. The molecule has 1 aromatic heterocycles. The summed E-state index contributed by atoms with van der Waals surface area (Å²) >= 11 is 3.46. The van der Waals surface area contributed by atoms with Crippen LogP contribution in [0.4, 0.5) is 5.95 Å². The first-order chi connectivity index (χ1) is 13.1. The number of carbonyl (C=O) groups excluding carboxylic acids is 1. The highest BCUT2D eigenvalue weighted by atomic mass is 79.9. The SMILES string of the molecule is CCCCCCCOC(=O)C1=C(C)Nc2ncnn2[C@@H]1c1ccc(Br)cc1. The molecular formula is C20H25BrN4O2. The van der Waals surface area contributed by atoms with E-state index in [0.29, 0.717) is 18.1 Å². The summed E-state index contributed by atoms with van der Waals surface area (Å²) in [7, 11) is 0. The van der Waals surface area contributed by atoms with Gasteiger partial charge in [-0.3, -0.25) is 0 Å². The van der Waals surface area contributed by atoms with Crippen molar-refractivity contribution in [3.05, 3.63) is 51.9 Å². The minimum atomic E-state index is -0.357. The van der Waals surface area contributed by atoms with Gasteiger partial charge in [0.1, 0.15) is 12.4 Å². The molecule has 0 aliphatic carbocycles. The van der Waals surface area contributed by atoms with Crippen molar-refractivity contribution in [2.24, 2.45) is 0 Å². The zero-order valence-electron chi connectivity index (χ0n) is 15.7. The standard InChI is InChI=1S/C20H25BrN4O2/c1-3-4-5-6-7-12-27-19(26)17-14(2)24-20-22-13-23-25(20)18(17)15-8-10-16(21)11-9-15/h8-11,13,18H,3-7,12H2,1-2H3,(H,22,23,24)/t18-/m1/s1. The molecule has 1 N–H and O–H groups in total. The van der Waals surface area contributed by atoms with Crippen LogP contribution < -0.4 is 5.32 Å². The molecule has 0 spiro atoms.